The van der Waals surface area contributed by atoms with Crippen LogP contribution in [0.5, 0.6) is 0 Å². The fourth-order valence-electron chi connectivity index (χ4n) is 9.67. The lowest BCUT2D eigenvalue weighted by Gasteiger charge is -2.31. The number of aryl methyl sites for hydroxylation is 6. The summed E-state index contributed by atoms with van der Waals surface area (Å²) in [7, 11) is 0. The predicted molar refractivity (Wildman–Crippen MR) is 222 cm³/mol. The molecule has 0 unspecified atom stereocenters. The minimum absolute atomic E-state index is 0.944. The summed E-state index contributed by atoms with van der Waals surface area (Å²) in [4.78, 5) is 27.3. The second-order valence-corrected chi connectivity index (χ2v) is 15.3. The molecule has 0 atom stereocenters. The number of aromatic nitrogens is 8. The number of nitrogens with zero attached hydrogens (tertiary/aromatic N) is 8. The maximum atomic E-state index is 4.98. The Morgan fingerprint density at radius 2 is 0.893 bits per heavy atom. The maximum absolute atomic E-state index is 4.98. The molecule has 2 aliphatic rings. The molecule has 56 heavy (non-hydrogen) atoms. The van der Waals surface area contributed by atoms with Gasteiger partial charge in [0.25, 0.3) is 0 Å². The highest BCUT2D eigenvalue weighted by molar-refractivity contribution is 6.16. The fourth-order valence-corrected chi connectivity index (χ4v) is 9.67. The minimum atomic E-state index is 0.944. The molecule has 0 radical (unpaired) electrons. The number of hydrogen-bond donors (Lipinski definition) is 0. The van der Waals surface area contributed by atoms with Gasteiger partial charge in [0.1, 0.15) is 24.3 Å². The molecule has 4 aromatic carbocycles. The van der Waals surface area contributed by atoms with Crippen molar-refractivity contribution < 1.29 is 0 Å². The molecule has 266 valence electrons. The summed E-state index contributed by atoms with van der Waals surface area (Å²) in [6.07, 6.45) is 18.4. The van der Waals surface area contributed by atoms with Crippen LogP contribution in [0.15, 0.2) is 123 Å². The quantitative estimate of drug-likeness (QED) is 0.180. The first-order chi connectivity index (χ1) is 27.6. The van der Waals surface area contributed by atoms with E-state index in [0.717, 1.165) is 70.6 Å². The second kappa shape index (κ2) is 11.7. The van der Waals surface area contributed by atoms with E-state index in [2.05, 4.69) is 116 Å². The topological polar surface area (TPSA) is 87.2 Å². The zero-order chi connectivity index (χ0) is 37.1. The first-order valence-corrected chi connectivity index (χ1v) is 19.2. The highest BCUT2D eigenvalue weighted by Gasteiger charge is 2.33. The van der Waals surface area contributed by atoms with Crippen LogP contribution >= 0.6 is 0 Å². The van der Waals surface area contributed by atoms with Gasteiger partial charge in [-0.25, -0.2) is 29.9 Å². The van der Waals surface area contributed by atoms with Crippen molar-refractivity contribution >= 4 is 43.6 Å². The van der Waals surface area contributed by atoms with Crippen molar-refractivity contribution in [1.29, 1.82) is 0 Å². The molecule has 0 spiro atoms. The predicted octanol–water partition coefficient (Wildman–Crippen LogP) is 10.1. The molecule has 0 saturated heterocycles. The van der Waals surface area contributed by atoms with Gasteiger partial charge < -0.3 is 0 Å². The van der Waals surface area contributed by atoms with Gasteiger partial charge in [0.2, 0.25) is 0 Å². The third kappa shape index (κ3) is 4.47. The molecule has 12 rings (SSSR count). The van der Waals surface area contributed by atoms with Crippen LogP contribution in [0.3, 0.4) is 0 Å². The van der Waals surface area contributed by atoms with E-state index >= 15 is 0 Å². The zero-order valence-electron chi connectivity index (χ0n) is 31.0. The van der Waals surface area contributed by atoms with Gasteiger partial charge in [-0.2, -0.15) is 0 Å². The first-order valence-electron chi connectivity index (χ1n) is 19.2. The molecule has 8 nitrogen and oxygen atoms in total. The normalized spacial score (nSPS) is 13.2. The van der Waals surface area contributed by atoms with Crippen molar-refractivity contribution in [1.82, 2.24) is 39.0 Å². The molecule has 6 heterocycles. The molecule has 0 fully saturated rings. The van der Waals surface area contributed by atoms with E-state index in [4.69, 9.17) is 9.97 Å². The summed E-state index contributed by atoms with van der Waals surface area (Å²) >= 11 is 0. The Morgan fingerprint density at radius 1 is 0.446 bits per heavy atom. The lowest BCUT2D eigenvalue weighted by Crippen LogP contribution is -2.16. The van der Waals surface area contributed by atoms with Crippen LogP contribution in [0.1, 0.15) is 33.4 Å². The summed E-state index contributed by atoms with van der Waals surface area (Å²) in [5, 5.41) is 5.00. The van der Waals surface area contributed by atoms with E-state index in [9.17, 15) is 0 Å². The molecule has 0 saturated carbocycles. The van der Waals surface area contributed by atoms with Gasteiger partial charge in [-0.3, -0.25) is 9.13 Å². The molecule has 8 heteroatoms. The molecule has 6 aromatic heterocycles. The van der Waals surface area contributed by atoms with Crippen LogP contribution < -0.4 is 0 Å². The Kier molecular flexibility index (Phi) is 6.55. The van der Waals surface area contributed by atoms with Crippen LogP contribution in [0.25, 0.3) is 88.6 Å². The van der Waals surface area contributed by atoms with Crippen molar-refractivity contribution in [2.24, 2.45) is 0 Å². The van der Waals surface area contributed by atoms with Gasteiger partial charge in [0, 0.05) is 69.9 Å². The molecule has 0 amide bonds. The molecule has 10 aromatic rings. The molecule has 0 aliphatic heterocycles. The molecule has 0 N–H and O–H groups in total. The largest absolute Gasteiger partial charge is 0.293 e. The number of pyridine rings is 2. The Labute approximate surface area is 322 Å². The van der Waals surface area contributed by atoms with Gasteiger partial charge in [0.15, 0.2) is 0 Å². The maximum Gasteiger partial charge on any atom is 0.137 e. The molecule has 2 aliphatic carbocycles. The summed E-state index contributed by atoms with van der Waals surface area (Å²) in [5.74, 6) is 1.89. The van der Waals surface area contributed by atoms with Crippen molar-refractivity contribution in [3.8, 4) is 45.0 Å². The first kappa shape index (κ1) is 31.3. The van der Waals surface area contributed by atoms with Crippen molar-refractivity contribution in [3.05, 3.63) is 156 Å². The SMILES string of the molecule is Cc1ccnc(-n2c3ccc(-c4cncnc4)cc3c3cc4c5c(c32)CCc2cc3c6cc(-c7cncnc7)ccc6n(-c6cc(C)ccn6)c3c(c2-5)CC4)c1. The second-order valence-electron chi connectivity index (χ2n) is 15.3. The van der Waals surface area contributed by atoms with E-state index < -0.39 is 0 Å². The molecular formula is C48H34N8. The number of hydrogen-bond acceptors (Lipinski definition) is 6. The third-order valence-electron chi connectivity index (χ3n) is 12.1. The van der Waals surface area contributed by atoms with Gasteiger partial charge in [-0.15, -0.1) is 0 Å². The van der Waals surface area contributed by atoms with E-state index in [1.807, 2.05) is 37.2 Å². The lowest BCUT2D eigenvalue weighted by atomic mass is 9.74. The average Bonchev–Trinajstić information content (AvgIpc) is 3.75. The highest BCUT2D eigenvalue weighted by atomic mass is 15.1. The van der Waals surface area contributed by atoms with E-state index in [1.54, 1.807) is 12.7 Å². The van der Waals surface area contributed by atoms with Crippen LogP contribution in [-0.2, 0) is 25.7 Å². The summed E-state index contributed by atoms with van der Waals surface area (Å²) < 4.78 is 4.83. The molecular weight excluding hydrogens is 689 g/mol. The lowest BCUT2D eigenvalue weighted by molar-refractivity contribution is 0.881. The van der Waals surface area contributed by atoms with Crippen LogP contribution in [0.4, 0.5) is 0 Å². The van der Waals surface area contributed by atoms with Crippen LogP contribution in [-0.4, -0.2) is 39.0 Å². The Morgan fingerprint density at radius 3 is 1.32 bits per heavy atom. The Balaban J connectivity index is 1.18. The standard InChI is InChI=1S/C48H34N8/c1-27-11-13-53-43(15-27)55-41-9-5-29(33-21-49-25-50-22-33)17-37(41)39-19-31-4-8-36-46-32(3-7-35(45(31)46)47(39)55)20-40-38-18-30(34-23-51-26-52-24-34)6-10-42(38)56(48(36)40)44-16-28(2)12-14-54-44/h5-6,9-26H,3-4,7-8H2,1-2H3. The minimum Gasteiger partial charge on any atom is -0.293 e. The zero-order valence-corrected chi connectivity index (χ0v) is 31.0. The summed E-state index contributed by atoms with van der Waals surface area (Å²) in [6.45, 7) is 4.29. The van der Waals surface area contributed by atoms with Crippen molar-refractivity contribution in [3.63, 3.8) is 0 Å². The van der Waals surface area contributed by atoms with E-state index in [0.29, 0.717) is 0 Å². The highest BCUT2D eigenvalue weighted by Crippen LogP contribution is 2.51. The van der Waals surface area contributed by atoms with Crippen LogP contribution in [0, 0.1) is 13.8 Å². The van der Waals surface area contributed by atoms with E-state index in [1.165, 1.54) is 77.1 Å². The fraction of sp³-hybridized carbons (Fsp3) is 0.125. The van der Waals surface area contributed by atoms with Gasteiger partial charge in [-0.05, 0) is 156 Å². The number of fused-ring (bicyclic) bond motifs is 8. The third-order valence-corrected chi connectivity index (χ3v) is 12.1. The number of rotatable bonds is 4. The number of benzene rings is 4. The van der Waals surface area contributed by atoms with Gasteiger partial charge in [-0.1, -0.05) is 12.1 Å². The Bertz CT molecular complexity index is 3050. The van der Waals surface area contributed by atoms with Gasteiger partial charge in [0.05, 0.1) is 22.1 Å². The summed E-state index contributed by atoms with van der Waals surface area (Å²) in [6, 6.07) is 27.1. The molecule has 0 bridgehead atoms. The van der Waals surface area contributed by atoms with Crippen molar-refractivity contribution in [2.75, 3.05) is 0 Å². The van der Waals surface area contributed by atoms with Crippen molar-refractivity contribution in [2.45, 2.75) is 39.5 Å². The summed E-state index contributed by atoms with van der Waals surface area (Å²) in [5.41, 5.74) is 19.9. The Hall–Kier alpha value is -7.06. The van der Waals surface area contributed by atoms with E-state index in [-0.39, 0.29) is 0 Å². The van der Waals surface area contributed by atoms with Gasteiger partial charge >= 0.3 is 0 Å². The van der Waals surface area contributed by atoms with Crippen LogP contribution in [0.2, 0.25) is 0 Å². The average molecular weight is 723 g/mol. The smallest absolute Gasteiger partial charge is 0.137 e. The monoisotopic (exact) mass is 722 g/mol.